The number of H-pyrrole nitrogens is 4. The fraction of sp³-hybridized carbons (Fsp3) is 0.222. The molecule has 0 aromatic carbocycles. The van der Waals surface area contributed by atoms with Crippen LogP contribution >= 0.6 is 45.7 Å². The van der Waals surface area contributed by atoms with Crippen molar-refractivity contribution >= 4 is 45.7 Å². The van der Waals surface area contributed by atoms with Gasteiger partial charge in [-0.2, -0.15) is 32.5 Å². The van der Waals surface area contributed by atoms with E-state index in [0.29, 0.717) is 55.3 Å². The molecule has 0 bridgehead atoms. The zero-order valence-corrected chi connectivity index (χ0v) is 42.4. The Labute approximate surface area is 442 Å². The molecule has 392 valence electrons. The zero-order chi connectivity index (χ0) is 56.5. The van der Waals surface area contributed by atoms with E-state index in [2.05, 4.69) is 81.0 Å². The quantitative estimate of drug-likeness (QED) is 0.0892. The van der Waals surface area contributed by atoms with Crippen molar-refractivity contribution in [3.8, 4) is 46.5 Å². The highest BCUT2D eigenvalue weighted by atomic mass is 32.1. The van der Waals surface area contributed by atoms with Gasteiger partial charge in [-0.1, -0.05) is 4.49 Å². The summed E-state index contributed by atoms with van der Waals surface area (Å²) in [6.07, 6.45) is 7.35. The van der Waals surface area contributed by atoms with Crippen LogP contribution in [-0.2, 0) is 54.6 Å². The normalized spacial score (nSPS) is 11.5. The second-order valence-corrected chi connectivity index (χ2v) is 18.0. The predicted octanol–water partition coefficient (Wildman–Crippen LogP) is -1.10. The van der Waals surface area contributed by atoms with Crippen LogP contribution in [0.2, 0.25) is 5.65 Å². The number of ether oxygens (including phenoxy) is 4. The summed E-state index contributed by atoms with van der Waals surface area (Å²) in [6.45, 7) is 0.722. The van der Waals surface area contributed by atoms with Crippen molar-refractivity contribution in [2.45, 2.75) is 26.4 Å². The van der Waals surface area contributed by atoms with Gasteiger partial charge in [0.2, 0.25) is 29.3 Å². The van der Waals surface area contributed by atoms with Crippen LogP contribution in [0.1, 0.15) is 19.5 Å². The number of nitrogens with zero attached hydrogens (tertiary/aromatic N) is 24. The van der Waals surface area contributed by atoms with Crippen molar-refractivity contribution in [3.63, 3.8) is 0 Å². The first-order valence-electron chi connectivity index (χ1n) is 22.8. The molecule has 40 heteroatoms. The third kappa shape index (κ3) is 11.9. The number of hydrogen-bond donors (Lipinski definition) is 4. The van der Waals surface area contributed by atoms with Crippen LogP contribution in [0, 0.1) is 0 Å². The van der Waals surface area contributed by atoms with Crippen LogP contribution < -0.4 is 41.7 Å². The maximum Gasteiger partial charge on any atom is 0.369 e. The van der Waals surface area contributed by atoms with E-state index in [4.69, 9.17) is 24.6 Å². The Balaban J connectivity index is 0.000000129. The number of tetrazole rings is 4. The largest absolute Gasteiger partial charge is 0.471 e. The Hall–Kier alpha value is -9.96. The summed E-state index contributed by atoms with van der Waals surface area (Å²) in [5, 5.41) is 54.0. The van der Waals surface area contributed by atoms with E-state index >= 15 is 0 Å². The minimum Gasteiger partial charge on any atom is -0.471 e. The van der Waals surface area contributed by atoms with Gasteiger partial charge in [0, 0.05) is 77.2 Å². The number of thiazole rings is 1. The Morgan fingerprint density at radius 1 is 0.487 bits per heavy atom. The second-order valence-electron chi connectivity index (χ2n) is 14.3. The molecule has 36 nitrogen and oxygen atoms in total. The SMILES string of the molecule is [3H]n1ccc(OCc2sccc2-n2nnn(C)c2=O)n1.[3H]n1ccc(OCc2scnc2-n2nnn(C)c2=O)n1.[3H]n1ccc(OCc2sncc2-n2nnn(C)c2=O)n1.[3H]n1ccc(OCc2snnc2-n2nnn(C)c2=O)n1. The molecule has 0 aliphatic rings. The van der Waals surface area contributed by atoms with Gasteiger partial charge in [0.25, 0.3) is 0 Å². The molecular weight excluding hydrogens is 1080 g/mol. The highest BCUT2D eigenvalue weighted by molar-refractivity contribution is 7.10. The summed E-state index contributed by atoms with van der Waals surface area (Å²) in [4.78, 5) is 54.1. The first-order chi connectivity index (χ1) is 38.6. The van der Waals surface area contributed by atoms with Crippen LogP contribution in [0.25, 0.3) is 23.0 Å². The Kier molecular flexibility index (Phi) is 14.3. The Bertz CT molecular complexity index is 3680. The van der Waals surface area contributed by atoms with E-state index < -0.39 is 5.69 Å². The van der Waals surface area contributed by atoms with E-state index in [1.165, 1.54) is 98.1 Å². The van der Waals surface area contributed by atoms with Gasteiger partial charge in [-0.25, -0.2) is 24.2 Å². The van der Waals surface area contributed by atoms with Gasteiger partial charge >= 0.3 is 22.8 Å². The first-order valence-corrected chi connectivity index (χ1v) is 24.3. The maximum absolute atomic E-state index is 11.8. The number of aromatic amines is 4. The number of hydrogen-bond acceptors (Lipinski definition) is 28. The van der Waals surface area contributed by atoms with E-state index in [9.17, 15) is 19.2 Å². The summed E-state index contributed by atoms with van der Waals surface area (Å²) >= 11 is 5.06. The molecule has 76 heavy (non-hydrogen) atoms. The summed E-state index contributed by atoms with van der Waals surface area (Å²) in [5.41, 5.74) is 1.28. The summed E-state index contributed by atoms with van der Waals surface area (Å²) < 4.78 is 67.5. The van der Waals surface area contributed by atoms with Gasteiger partial charge in [0.05, 0.1) is 32.0 Å². The smallest absolute Gasteiger partial charge is 0.369 e. The molecule has 0 aliphatic carbocycles. The molecule has 0 radical (unpaired) electrons. The van der Waals surface area contributed by atoms with E-state index in [-0.39, 0.29) is 49.3 Å². The highest BCUT2D eigenvalue weighted by Crippen LogP contribution is 2.22. The molecule has 12 rings (SSSR count). The minimum atomic E-state index is -0.422. The van der Waals surface area contributed by atoms with Gasteiger partial charge < -0.3 is 18.9 Å². The second kappa shape index (κ2) is 23.7. The van der Waals surface area contributed by atoms with E-state index in [1.807, 2.05) is 5.38 Å². The van der Waals surface area contributed by atoms with Crippen molar-refractivity contribution in [2.24, 2.45) is 28.2 Å². The molecule has 0 unspecified atom stereocenters. The van der Waals surface area contributed by atoms with Gasteiger partial charge in [-0.3, -0.25) is 20.4 Å². The number of rotatable bonds is 16. The van der Waals surface area contributed by atoms with E-state index in [0.717, 1.165) is 69.5 Å². The lowest BCUT2D eigenvalue weighted by molar-refractivity contribution is 0.296. The third-order valence-electron chi connectivity index (χ3n) is 9.41. The number of thiophene rings is 1. The van der Waals surface area contributed by atoms with Crippen molar-refractivity contribution in [1.29, 1.82) is 0 Å². The fourth-order valence-corrected chi connectivity index (χ4v) is 8.30. The zero-order valence-electron chi connectivity index (χ0n) is 43.2. The molecule has 0 spiro atoms. The molecule has 0 saturated heterocycles. The number of aromatic nitrogens is 28. The average Bonchev–Trinajstić information content (AvgIpc) is 4.27. The molecule has 12 aromatic rings. The van der Waals surface area contributed by atoms with Crippen molar-refractivity contribution in [2.75, 3.05) is 0 Å². The fourth-order valence-electron chi connectivity index (χ4n) is 5.73. The lowest BCUT2D eigenvalue weighted by Gasteiger charge is -2.03. The van der Waals surface area contributed by atoms with Crippen molar-refractivity contribution in [3.05, 3.63) is 134 Å². The van der Waals surface area contributed by atoms with Crippen LogP contribution in [0.3, 0.4) is 0 Å². The molecule has 0 aliphatic heterocycles. The molecule has 0 atom stereocenters. The Morgan fingerprint density at radius 2 is 0.921 bits per heavy atom. The third-order valence-corrected chi connectivity index (χ3v) is 12.5. The molecule has 12 aromatic heterocycles. The van der Waals surface area contributed by atoms with Gasteiger partial charge in [-0.05, 0) is 76.2 Å². The van der Waals surface area contributed by atoms with Gasteiger partial charge in [-0.15, -0.1) is 57.5 Å². The van der Waals surface area contributed by atoms with Crippen LogP contribution in [0.15, 0.2) is 91.4 Å². The molecular formula is C36H36N28O8S4. The van der Waals surface area contributed by atoms with Gasteiger partial charge in [0.15, 0.2) is 11.5 Å². The molecule has 0 fully saturated rings. The Morgan fingerprint density at radius 3 is 1.38 bits per heavy atom. The minimum absolute atomic E-state index is 0.118. The molecule has 4 N–H and O–H groups in total. The number of aryl methyl sites for hydroxylation is 4. The van der Waals surface area contributed by atoms with Gasteiger partial charge in [0.1, 0.15) is 37.0 Å². The van der Waals surface area contributed by atoms with E-state index in [1.54, 1.807) is 35.8 Å². The highest BCUT2D eigenvalue weighted by Gasteiger charge is 2.19. The maximum atomic E-state index is 11.8. The standard InChI is InChI=1S/C10H10N6O2S.2C9H9N7O2S.C8H8N8O2S/c1-15-10(17)16(14-13-15)7-3-5-19-8(7)6-18-9-2-4-11-12-9;1-15-9(17)16(14-13-15)6-4-11-19-7(6)5-18-8-2-3-10-12-8;1-15-9(17)16(14-13-15)8-6(19-5-10-8)4-18-7-2-3-11-12-7;1-15-8(17)16(13-12-15)7-5(19-14-11-7)4-18-6-2-3-9-10-6/h2-5H,6H2,1H3,(H,11,12);2-4H,5H2,1H3,(H,10,12);2-3,5H,4H2,1H3,(H,11,12);2-3H,4H2,1H3,(H,9,10)/i/hT4. The number of nitrogens with one attached hydrogen (secondary N) is 4. The first kappa shape index (κ1) is 45.9. The summed E-state index contributed by atoms with van der Waals surface area (Å²) in [6, 6.07) is 8.07. The molecule has 0 amide bonds. The summed E-state index contributed by atoms with van der Waals surface area (Å²) in [7, 11) is 6.05. The molecule has 0 saturated carbocycles. The average molecular weight is 1130 g/mol. The predicted molar refractivity (Wildman–Crippen MR) is 261 cm³/mol. The van der Waals surface area contributed by atoms with Crippen molar-refractivity contribution < 1.29 is 24.6 Å². The lowest BCUT2D eigenvalue weighted by atomic mass is 10.4. The molecule has 12 heterocycles. The van der Waals surface area contributed by atoms with Crippen molar-refractivity contribution in [1.82, 2.24) is 139 Å². The van der Waals surface area contributed by atoms with Crippen LogP contribution in [0.4, 0.5) is 0 Å². The van der Waals surface area contributed by atoms with Crippen LogP contribution in [0.5, 0.6) is 23.5 Å². The van der Waals surface area contributed by atoms with Crippen LogP contribution in [-0.4, -0.2) is 139 Å². The monoisotopic (exact) mass is 1120 g/mol. The lowest BCUT2D eigenvalue weighted by Crippen LogP contribution is -2.23. The summed E-state index contributed by atoms with van der Waals surface area (Å²) in [5.74, 6) is 1.96. The topological polar surface area (TPSA) is 414 Å².